The van der Waals surface area contributed by atoms with Crippen LogP contribution in [-0.2, 0) is 48.9 Å². The maximum absolute atomic E-state index is 12.3. The third kappa shape index (κ3) is 15.3. The van der Waals surface area contributed by atoms with Crippen LogP contribution in [0, 0.1) is 11.8 Å². The molecule has 0 radical (unpaired) electrons. The van der Waals surface area contributed by atoms with Gasteiger partial charge in [-0.25, -0.2) is 9.59 Å². The van der Waals surface area contributed by atoms with Gasteiger partial charge in [0.05, 0.1) is 65.8 Å². The number of likely N-dealkylation sites (tertiary alicyclic amines) is 1. The molecule has 0 bridgehead atoms. The minimum Gasteiger partial charge on any atom is -0.445 e. The molecule has 1 heterocycles. The third-order valence-electron chi connectivity index (χ3n) is 7.20. The molecule has 1 fully saturated rings. The highest BCUT2D eigenvalue weighted by Gasteiger charge is 2.39. The molecule has 1 N–H and O–H groups in total. The van der Waals surface area contributed by atoms with Gasteiger partial charge in [-0.05, 0) is 23.6 Å². The number of carbonyl (C=O) groups is 5. The summed E-state index contributed by atoms with van der Waals surface area (Å²) in [5.74, 6) is -0.533. The molecule has 16 heteroatoms. The van der Waals surface area contributed by atoms with E-state index in [4.69, 9.17) is 23.7 Å². The molecule has 1 aliphatic rings. The van der Waals surface area contributed by atoms with Gasteiger partial charge in [0.15, 0.2) is 0 Å². The number of imide groups is 1. The molecule has 264 valence electrons. The van der Waals surface area contributed by atoms with Crippen molar-refractivity contribution in [3.63, 3.8) is 0 Å². The quantitative estimate of drug-likeness (QED) is 0.0799. The van der Waals surface area contributed by atoms with Crippen molar-refractivity contribution in [2.75, 3.05) is 91.9 Å². The summed E-state index contributed by atoms with van der Waals surface area (Å²) in [5.41, 5.74) is 1.35. The van der Waals surface area contributed by atoms with Gasteiger partial charge in [-0.15, -0.1) is 0 Å². The second-order valence-electron chi connectivity index (χ2n) is 11.1. The Morgan fingerprint density at radius 1 is 0.851 bits per heavy atom. The van der Waals surface area contributed by atoms with Crippen LogP contribution in [0.5, 0.6) is 0 Å². The van der Waals surface area contributed by atoms with Gasteiger partial charge in [0.2, 0.25) is 17.7 Å². The molecule has 0 aromatic heterocycles. The number of hydrogen-bond donors (Lipinski definition) is 2. The number of rotatable bonds is 22. The van der Waals surface area contributed by atoms with Crippen LogP contribution in [0.15, 0.2) is 24.3 Å². The van der Waals surface area contributed by atoms with Crippen LogP contribution >= 0.6 is 12.9 Å². The minimum atomic E-state index is -0.621. The first-order valence-electron chi connectivity index (χ1n) is 15.5. The highest BCUT2D eigenvalue weighted by atomic mass is 32.1. The summed E-state index contributed by atoms with van der Waals surface area (Å²) in [4.78, 5) is 63.9. The van der Waals surface area contributed by atoms with E-state index >= 15 is 0 Å². The van der Waals surface area contributed by atoms with Gasteiger partial charge in [-0.2, -0.15) is 0 Å². The molecule has 0 saturated carbocycles. The van der Waals surface area contributed by atoms with Crippen molar-refractivity contribution < 1.29 is 51.8 Å². The van der Waals surface area contributed by atoms with E-state index in [0.29, 0.717) is 45.3 Å². The average molecular weight is 685 g/mol. The molecule has 1 aromatic carbocycles. The number of benzene rings is 1. The largest absolute Gasteiger partial charge is 0.445 e. The van der Waals surface area contributed by atoms with E-state index in [0.717, 1.165) is 5.56 Å². The standard InChI is InChI=1S/C31H48N4O11S/c1-23(2)26-21-28(37)35(29(26)38)12-14-42-16-18-44-20-19-43-17-15-41-13-9-27(36)32-25-7-5-24(6-8-25)22-45-30(39)33(3)10-11-34(4)31(40)46-47/h5-8,23,26,47H,9-22H2,1-4H3,(H,32,36). The Hall–Kier alpha value is -3.44. The number of carbonyl (C=O) groups excluding carboxylic acids is 5. The molecule has 15 nitrogen and oxygen atoms in total. The average Bonchev–Trinajstić information content (AvgIpc) is 3.35. The SMILES string of the molecule is CC(C)C1CC(=O)N(CCOCCOCCOCCOCCC(=O)Nc2ccc(COC(=O)N(C)CCN(C)C(=O)OS)cc2)C1=O. The van der Waals surface area contributed by atoms with Gasteiger partial charge >= 0.3 is 12.2 Å². The van der Waals surface area contributed by atoms with E-state index < -0.39 is 12.2 Å². The lowest BCUT2D eigenvalue weighted by atomic mass is 9.94. The Morgan fingerprint density at radius 3 is 1.91 bits per heavy atom. The monoisotopic (exact) mass is 684 g/mol. The Labute approximate surface area is 281 Å². The van der Waals surface area contributed by atoms with Crippen molar-refractivity contribution in [1.82, 2.24) is 14.7 Å². The van der Waals surface area contributed by atoms with Crippen LogP contribution in [-0.4, -0.2) is 131 Å². The maximum atomic E-state index is 12.3. The zero-order chi connectivity index (χ0) is 34.6. The number of nitrogens with one attached hydrogen (secondary N) is 1. The first-order chi connectivity index (χ1) is 22.5. The summed E-state index contributed by atoms with van der Waals surface area (Å²) >= 11 is 3.45. The summed E-state index contributed by atoms with van der Waals surface area (Å²) in [6, 6.07) is 6.92. The predicted octanol–water partition coefficient (Wildman–Crippen LogP) is 2.59. The van der Waals surface area contributed by atoms with E-state index in [-0.39, 0.29) is 81.9 Å². The molecule has 0 aliphatic carbocycles. The van der Waals surface area contributed by atoms with Crippen molar-refractivity contribution in [1.29, 1.82) is 0 Å². The zero-order valence-corrected chi connectivity index (χ0v) is 28.5. The third-order valence-corrected chi connectivity index (χ3v) is 7.36. The number of nitrogens with zero attached hydrogens (tertiary/aromatic N) is 3. The summed E-state index contributed by atoms with van der Waals surface area (Å²) in [7, 11) is 3.09. The van der Waals surface area contributed by atoms with Crippen LogP contribution in [0.25, 0.3) is 0 Å². The van der Waals surface area contributed by atoms with Crippen LogP contribution in [0.2, 0.25) is 0 Å². The minimum absolute atomic E-state index is 0.0501. The van der Waals surface area contributed by atoms with Crippen molar-refractivity contribution in [2.45, 2.75) is 33.3 Å². The molecule has 1 aliphatic heterocycles. The lowest BCUT2D eigenvalue weighted by molar-refractivity contribution is -0.140. The first-order valence-corrected chi connectivity index (χ1v) is 15.9. The lowest BCUT2D eigenvalue weighted by Crippen LogP contribution is -2.37. The number of hydrogen-bond acceptors (Lipinski definition) is 12. The molecular formula is C31H48N4O11S. The van der Waals surface area contributed by atoms with Gasteiger partial charge in [-0.1, -0.05) is 26.0 Å². The Bertz CT molecular complexity index is 1140. The van der Waals surface area contributed by atoms with E-state index in [9.17, 15) is 24.0 Å². The predicted molar refractivity (Wildman–Crippen MR) is 174 cm³/mol. The molecule has 47 heavy (non-hydrogen) atoms. The molecule has 5 amide bonds. The highest BCUT2D eigenvalue weighted by Crippen LogP contribution is 2.26. The van der Waals surface area contributed by atoms with Crippen molar-refractivity contribution in [3.8, 4) is 0 Å². The summed E-state index contributed by atoms with van der Waals surface area (Å²) in [5, 5.41) is 2.79. The van der Waals surface area contributed by atoms with Gasteiger partial charge in [0.1, 0.15) is 6.61 Å². The Balaban J connectivity index is 1.42. The van der Waals surface area contributed by atoms with Crippen molar-refractivity contribution in [3.05, 3.63) is 29.8 Å². The van der Waals surface area contributed by atoms with Crippen LogP contribution in [0.3, 0.4) is 0 Å². The topological polar surface area (TPSA) is 162 Å². The first kappa shape index (κ1) is 39.7. The van der Waals surface area contributed by atoms with E-state index in [1.165, 1.54) is 21.7 Å². The fourth-order valence-corrected chi connectivity index (χ4v) is 4.40. The Morgan fingerprint density at radius 2 is 1.38 bits per heavy atom. The van der Waals surface area contributed by atoms with E-state index in [2.05, 4.69) is 22.4 Å². The molecule has 0 spiro atoms. The van der Waals surface area contributed by atoms with Gasteiger partial charge < -0.3 is 43.0 Å². The number of amides is 5. The molecule has 1 unspecified atom stereocenters. The lowest BCUT2D eigenvalue weighted by Gasteiger charge is -2.20. The van der Waals surface area contributed by atoms with Gasteiger partial charge in [0, 0.05) is 58.1 Å². The second kappa shape index (κ2) is 22.2. The second-order valence-corrected chi connectivity index (χ2v) is 11.3. The van der Waals surface area contributed by atoms with Crippen LogP contribution in [0.1, 0.15) is 32.3 Å². The normalized spacial score (nSPS) is 14.4. The van der Waals surface area contributed by atoms with Gasteiger partial charge in [0.25, 0.3) is 0 Å². The van der Waals surface area contributed by atoms with Crippen molar-refractivity contribution >= 4 is 48.5 Å². The molecule has 1 saturated heterocycles. The van der Waals surface area contributed by atoms with Crippen LogP contribution < -0.4 is 5.32 Å². The summed E-state index contributed by atoms with van der Waals surface area (Å²) in [6.45, 7) is 7.42. The van der Waals surface area contributed by atoms with Crippen LogP contribution in [0.4, 0.5) is 15.3 Å². The smallest absolute Gasteiger partial charge is 0.421 e. The summed E-state index contributed by atoms with van der Waals surface area (Å²) < 4.78 is 31.4. The van der Waals surface area contributed by atoms with E-state index in [1.807, 2.05) is 13.8 Å². The number of likely N-dealkylation sites (N-methyl/N-ethyl adjacent to an activating group) is 2. The number of thiol groups is 1. The fraction of sp³-hybridized carbons (Fsp3) is 0.645. The number of ether oxygens (including phenoxy) is 5. The summed E-state index contributed by atoms with van der Waals surface area (Å²) in [6.07, 6.45) is -0.710. The molecule has 1 aromatic rings. The maximum Gasteiger partial charge on any atom is 0.421 e. The highest BCUT2D eigenvalue weighted by molar-refractivity contribution is 7.75. The van der Waals surface area contributed by atoms with E-state index in [1.54, 1.807) is 31.3 Å². The molecule has 1 atom stereocenters. The molecular weight excluding hydrogens is 636 g/mol. The fourth-order valence-electron chi connectivity index (χ4n) is 4.26. The molecule has 2 rings (SSSR count). The Kier molecular flexibility index (Phi) is 18.8. The van der Waals surface area contributed by atoms with Crippen molar-refractivity contribution in [2.24, 2.45) is 11.8 Å². The zero-order valence-electron chi connectivity index (χ0n) is 27.6. The number of anilines is 1. The van der Waals surface area contributed by atoms with Gasteiger partial charge in [-0.3, -0.25) is 19.3 Å².